The molecule has 214 valence electrons. The molecule has 41 heavy (non-hydrogen) atoms. The van der Waals surface area contributed by atoms with E-state index in [1.165, 1.54) is 0 Å². The first kappa shape index (κ1) is 28.1. The van der Waals surface area contributed by atoms with E-state index in [0.717, 1.165) is 31.6 Å². The molecule has 2 aliphatic rings. The number of morpholine rings is 1. The number of nitrogens with one attached hydrogen (secondary N) is 4. The summed E-state index contributed by atoms with van der Waals surface area (Å²) in [6.45, 7) is 8.60. The van der Waals surface area contributed by atoms with E-state index in [1.54, 1.807) is 48.5 Å². The largest absolute Gasteiger partial charge is 0.378 e. The first-order valence-electron chi connectivity index (χ1n) is 14.0. The number of carbonyl (C=O) groups is 2. The smallest absolute Gasteiger partial charge is 0.323 e. The molecule has 3 amide bonds. The van der Waals surface area contributed by atoms with Crippen molar-refractivity contribution in [1.82, 2.24) is 14.8 Å². The van der Waals surface area contributed by atoms with Gasteiger partial charge in [-0.15, -0.1) is 0 Å². The monoisotopic (exact) mass is 555 g/mol. The van der Waals surface area contributed by atoms with Gasteiger partial charge in [-0.25, -0.2) is 9.79 Å². The van der Waals surface area contributed by atoms with Gasteiger partial charge in [0.15, 0.2) is 11.7 Å². The Morgan fingerprint density at radius 2 is 1.59 bits per heavy atom. The van der Waals surface area contributed by atoms with Crippen LogP contribution in [0.4, 0.5) is 16.2 Å². The third-order valence-corrected chi connectivity index (χ3v) is 7.87. The third-order valence-electron chi connectivity index (χ3n) is 7.87. The van der Waals surface area contributed by atoms with E-state index >= 15 is 0 Å². The van der Waals surface area contributed by atoms with Gasteiger partial charge in [0, 0.05) is 54.9 Å². The number of carbonyl (C=O) groups excluding carboxylic acids is 2. The van der Waals surface area contributed by atoms with Gasteiger partial charge in [-0.3, -0.25) is 10.2 Å². The standard InChI is InChI=1S/C31H37N7O3/c1-3-31(2)14-16-38(21-31)29(39)23-8-12-25(13-9-23)35-30(40)34-24-10-6-22(7-11-24)27(32)36-28(26-5-4-15-33-26)37-17-19-41-20-18-37/h4-13,15,32-33H,3,14,16-21H2,1-2H3,(H2,34,35,40)/t31-/m0/s1. The molecule has 2 fully saturated rings. The summed E-state index contributed by atoms with van der Waals surface area (Å²) in [5.41, 5.74) is 3.46. The summed E-state index contributed by atoms with van der Waals surface area (Å²) in [5, 5.41) is 14.2. The van der Waals surface area contributed by atoms with Gasteiger partial charge in [0.25, 0.3) is 5.91 Å². The first-order chi connectivity index (χ1) is 19.8. The lowest BCUT2D eigenvalue weighted by Gasteiger charge is -2.29. The van der Waals surface area contributed by atoms with Gasteiger partial charge >= 0.3 is 6.03 Å². The number of hydrogen-bond donors (Lipinski definition) is 4. The number of aromatic amines is 1. The van der Waals surface area contributed by atoms with Gasteiger partial charge in [0.1, 0.15) is 0 Å². The molecule has 4 N–H and O–H groups in total. The predicted octanol–water partition coefficient (Wildman–Crippen LogP) is 5.03. The summed E-state index contributed by atoms with van der Waals surface area (Å²) < 4.78 is 5.47. The number of benzene rings is 2. The number of aromatic nitrogens is 1. The Kier molecular flexibility index (Phi) is 8.49. The molecule has 2 aliphatic heterocycles. The lowest BCUT2D eigenvalue weighted by atomic mass is 9.87. The Bertz CT molecular complexity index is 1390. The van der Waals surface area contributed by atoms with Gasteiger partial charge in [-0.2, -0.15) is 0 Å². The maximum Gasteiger partial charge on any atom is 0.323 e. The number of likely N-dealkylation sites (tertiary alicyclic amines) is 1. The number of ether oxygens (including phenoxy) is 1. The van der Waals surface area contributed by atoms with Gasteiger partial charge in [-0.05, 0) is 78.9 Å². The van der Waals surface area contributed by atoms with Crippen molar-refractivity contribution in [3.8, 4) is 0 Å². The van der Waals surface area contributed by atoms with Crippen LogP contribution in [0, 0.1) is 10.8 Å². The van der Waals surface area contributed by atoms with Crippen LogP contribution in [0.3, 0.4) is 0 Å². The SMILES string of the molecule is CC[C@@]1(C)CCN(C(=O)c2ccc(NC(=O)Nc3ccc(C(=N)N=C(c4ccc[nH]4)N4CCOCC4)cc3)cc2)C1. The zero-order valence-corrected chi connectivity index (χ0v) is 23.6. The lowest BCUT2D eigenvalue weighted by Crippen LogP contribution is -2.41. The Hall–Kier alpha value is -4.44. The fourth-order valence-corrected chi connectivity index (χ4v) is 5.09. The van der Waals surface area contributed by atoms with Crippen LogP contribution >= 0.6 is 0 Å². The van der Waals surface area contributed by atoms with Crippen molar-refractivity contribution < 1.29 is 14.3 Å². The number of amidine groups is 2. The van der Waals surface area contributed by atoms with Crippen LogP contribution in [0.15, 0.2) is 71.9 Å². The van der Waals surface area contributed by atoms with Crippen LogP contribution in [0.2, 0.25) is 0 Å². The second-order valence-electron chi connectivity index (χ2n) is 10.8. The van der Waals surface area contributed by atoms with Crippen LogP contribution < -0.4 is 10.6 Å². The third kappa shape index (κ3) is 6.83. The quantitative estimate of drug-likeness (QED) is 0.252. The highest BCUT2D eigenvalue weighted by atomic mass is 16.5. The first-order valence-corrected chi connectivity index (χ1v) is 14.0. The maximum absolute atomic E-state index is 12.9. The minimum Gasteiger partial charge on any atom is -0.378 e. The van der Waals surface area contributed by atoms with Gasteiger partial charge < -0.3 is 30.2 Å². The summed E-state index contributed by atoms with van der Waals surface area (Å²) in [6.07, 6.45) is 3.91. The molecule has 0 spiro atoms. The number of urea groups is 1. The Balaban J connectivity index is 1.17. The molecule has 2 aromatic carbocycles. The highest BCUT2D eigenvalue weighted by molar-refractivity contribution is 6.10. The zero-order valence-electron chi connectivity index (χ0n) is 23.6. The van der Waals surface area contributed by atoms with Crippen molar-refractivity contribution in [2.45, 2.75) is 26.7 Å². The maximum atomic E-state index is 12.9. The second kappa shape index (κ2) is 12.4. The molecule has 0 saturated carbocycles. The van der Waals surface area contributed by atoms with Crippen molar-refractivity contribution in [1.29, 1.82) is 5.41 Å². The molecule has 0 radical (unpaired) electrons. The summed E-state index contributed by atoms with van der Waals surface area (Å²) in [6, 6.07) is 17.4. The number of anilines is 2. The number of aliphatic imine (C=N–C) groups is 1. The summed E-state index contributed by atoms with van der Waals surface area (Å²) >= 11 is 0. The number of rotatable bonds is 6. The normalized spacial score (nSPS) is 19.2. The van der Waals surface area contributed by atoms with Crippen LogP contribution in [-0.4, -0.2) is 77.8 Å². The molecule has 10 nitrogen and oxygen atoms in total. The summed E-state index contributed by atoms with van der Waals surface area (Å²) in [5.74, 6) is 0.857. The van der Waals surface area contributed by atoms with E-state index < -0.39 is 6.03 Å². The topological polar surface area (TPSA) is 126 Å². The molecule has 10 heteroatoms. The average molecular weight is 556 g/mol. The molecule has 0 aliphatic carbocycles. The average Bonchev–Trinajstić information content (AvgIpc) is 3.67. The van der Waals surface area contributed by atoms with E-state index in [0.29, 0.717) is 54.6 Å². The van der Waals surface area contributed by atoms with Gasteiger partial charge in [0.2, 0.25) is 0 Å². The minimum absolute atomic E-state index is 0.0260. The second-order valence-corrected chi connectivity index (χ2v) is 10.8. The molecule has 5 rings (SSSR count). The van der Waals surface area contributed by atoms with Crippen LogP contribution in [0.25, 0.3) is 0 Å². The Labute approximate surface area is 240 Å². The minimum atomic E-state index is -0.399. The van der Waals surface area contributed by atoms with Crippen molar-refractivity contribution >= 4 is 35.0 Å². The number of H-pyrrole nitrogens is 1. The molecule has 2 saturated heterocycles. The Morgan fingerprint density at radius 1 is 0.951 bits per heavy atom. The van der Waals surface area contributed by atoms with E-state index in [9.17, 15) is 9.59 Å². The van der Waals surface area contributed by atoms with Gasteiger partial charge in [-0.1, -0.05) is 13.8 Å². The van der Waals surface area contributed by atoms with Crippen LogP contribution in [0.1, 0.15) is 48.3 Å². The number of nitrogens with zero attached hydrogens (tertiary/aromatic N) is 3. The van der Waals surface area contributed by atoms with E-state index in [4.69, 9.17) is 10.1 Å². The van der Waals surface area contributed by atoms with E-state index in [-0.39, 0.29) is 17.2 Å². The molecular formula is C31H37N7O3. The van der Waals surface area contributed by atoms with Crippen molar-refractivity contribution in [3.63, 3.8) is 0 Å². The Morgan fingerprint density at radius 3 is 2.15 bits per heavy atom. The summed E-state index contributed by atoms with van der Waals surface area (Å²) in [7, 11) is 0. The molecule has 1 aromatic heterocycles. The van der Waals surface area contributed by atoms with Crippen LogP contribution in [-0.2, 0) is 4.74 Å². The lowest BCUT2D eigenvalue weighted by molar-refractivity contribution is 0.0682. The fraction of sp³-hybridized carbons (Fsp3) is 0.355. The zero-order chi connectivity index (χ0) is 28.8. The molecule has 0 unspecified atom stereocenters. The van der Waals surface area contributed by atoms with Crippen molar-refractivity contribution in [2.75, 3.05) is 50.0 Å². The van der Waals surface area contributed by atoms with E-state index in [2.05, 4.69) is 39.4 Å². The van der Waals surface area contributed by atoms with Gasteiger partial charge in [0.05, 0.1) is 18.9 Å². The molecule has 1 atom stereocenters. The molecule has 3 aromatic rings. The summed E-state index contributed by atoms with van der Waals surface area (Å²) in [4.78, 5) is 37.3. The van der Waals surface area contributed by atoms with Crippen molar-refractivity contribution in [3.05, 3.63) is 83.7 Å². The highest BCUT2D eigenvalue weighted by Gasteiger charge is 2.34. The highest BCUT2D eigenvalue weighted by Crippen LogP contribution is 2.33. The number of hydrogen-bond acceptors (Lipinski definition) is 4. The number of amides is 3. The fourth-order valence-electron chi connectivity index (χ4n) is 5.09. The molecule has 0 bridgehead atoms. The molecular weight excluding hydrogens is 518 g/mol. The van der Waals surface area contributed by atoms with Crippen LogP contribution in [0.5, 0.6) is 0 Å². The predicted molar refractivity (Wildman–Crippen MR) is 161 cm³/mol. The van der Waals surface area contributed by atoms with E-state index in [1.807, 2.05) is 23.2 Å². The van der Waals surface area contributed by atoms with Crippen molar-refractivity contribution in [2.24, 2.45) is 10.4 Å². The molecule has 3 heterocycles.